The van der Waals surface area contributed by atoms with E-state index in [0.717, 1.165) is 15.7 Å². The van der Waals surface area contributed by atoms with E-state index in [1.165, 1.54) is 12.1 Å². The normalized spacial score (nSPS) is 26.9. The quantitative estimate of drug-likeness (QED) is 0.686. The lowest BCUT2D eigenvalue weighted by atomic mass is 9.94. The third kappa shape index (κ3) is 2.33. The lowest BCUT2D eigenvalue weighted by Crippen LogP contribution is -2.50. The van der Waals surface area contributed by atoms with Gasteiger partial charge in [0, 0.05) is 0 Å². The fraction of sp³-hybridized carbons (Fsp3) is 0.389. The van der Waals surface area contributed by atoms with Crippen LogP contribution in [0.5, 0.6) is 11.8 Å². The van der Waals surface area contributed by atoms with Gasteiger partial charge in [-0.25, -0.2) is 0 Å². The van der Waals surface area contributed by atoms with Crippen LogP contribution in [0.2, 0.25) is 0 Å². The van der Waals surface area contributed by atoms with Crippen molar-refractivity contribution in [2.24, 2.45) is 0 Å². The molecule has 2 unspecified atom stereocenters. The molecule has 7 nitrogen and oxygen atoms in total. The van der Waals surface area contributed by atoms with Gasteiger partial charge in [-0.3, -0.25) is 4.57 Å². The summed E-state index contributed by atoms with van der Waals surface area (Å²) in [6, 6.07) is 4.39. The van der Waals surface area contributed by atoms with Crippen LogP contribution in [0.15, 0.2) is 18.2 Å². The Hall–Kier alpha value is -2.74. The standard InChI is InChI=1S/C18H16F3N3O4/c1-16-7-23(27)8-17(2,28-16)13-12(16)14(25)24(15(13)26)10-4-3-9(6-22)11(5-10)18(19,20)21/h3-5,25-27H,7-8H2,1-2H3. The molecule has 1 aromatic heterocycles. The van der Waals surface area contributed by atoms with Crippen LogP contribution >= 0.6 is 0 Å². The number of nitriles is 1. The summed E-state index contributed by atoms with van der Waals surface area (Å²) in [5.41, 5.74) is -3.79. The van der Waals surface area contributed by atoms with E-state index >= 15 is 0 Å². The zero-order valence-corrected chi connectivity index (χ0v) is 14.9. The van der Waals surface area contributed by atoms with Crippen LogP contribution in [-0.2, 0) is 22.1 Å². The van der Waals surface area contributed by atoms with E-state index in [1.807, 2.05) is 0 Å². The molecule has 0 saturated carbocycles. The number of aromatic hydroxyl groups is 2. The summed E-state index contributed by atoms with van der Waals surface area (Å²) < 4.78 is 46.8. The minimum Gasteiger partial charge on any atom is -0.494 e. The van der Waals surface area contributed by atoms with E-state index in [0.29, 0.717) is 6.07 Å². The number of nitrogens with zero attached hydrogens (tertiary/aromatic N) is 3. The molecule has 1 saturated heterocycles. The van der Waals surface area contributed by atoms with Gasteiger partial charge in [-0.2, -0.15) is 23.5 Å². The van der Waals surface area contributed by atoms with Crippen molar-refractivity contribution >= 4 is 0 Å². The summed E-state index contributed by atoms with van der Waals surface area (Å²) in [7, 11) is 0. The van der Waals surface area contributed by atoms with Crippen LogP contribution < -0.4 is 0 Å². The molecule has 0 radical (unpaired) electrons. The van der Waals surface area contributed by atoms with Crippen molar-refractivity contribution < 1.29 is 33.3 Å². The highest BCUT2D eigenvalue weighted by Gasteiger charge is 2.59. The van der Waals surface area contributed by atoms with Gasteiger partial charge in [-0.15, -0.1) is 0 Å². The van der Waals surface area contributed by atoms with Gasteiger partial charge >= 0.3 is 6.18 Å². The Morgan fingerprint density at radius 2 is 1.64 bits per heavy atom. The first-order chi connectivity index (χ1) is 12.9. The molecule has 2 aliphatic rings. The average molecular weight is 395 g/mol. The number of alkyl halides is 3. The number of aromatic nitrogens is 1. The van der Waals surface area contributed by atoms with E-state index in [-0.39, 0.29) is 29.9 Å². The van der Waals surface area contributed by atoms with Crippen LogP contribution in [-0.4, -0.2) is 38.1 Å². The lowest BCUT2D eigenvalue weighted by molar-refractivity contribution is -0.260. The summed E-state index contributed by atoms with van der Waals surface area (Å²) >= 11 is 0. The highest BCUT2D eigenvalue weighted by atomic mass is 19.4. The van der Waals surface area contributed by atoms with Crippen LogP contribution in [0.1, 0.15) is 36.1 Å². The van der Waals surface area contributed by atoms with Crippen molar-refractivity contribution in [2.45, 2.75) is 31.2 Å². The zero-order chi connectivity index (χ0) is 20.6. The van der Waals surface area contributed by atoms with Crippen LogP contribution in [0.25, 0.3) is 5.69 Å². The highest BCUT2D eigenvalue weighted by molar-refractivity contribution is 5.61. The molecular formula is C18H16F3N3O4. The monoisotopic (exact) mass is 395 g/mol. The number of ether oxygens (including phenoxy) is 1. The first kappa shape index (κ1) is 18.6. The van der Waals surface area contributed by atoms with Gasteiger partial charge in [0.2, 0.25) is 11.8 Å². The number of hydroxylamine groups is 2. The topological polar surface area (TPSA) is 102 Å². The molecule has 148 valence electrons. The number of morpholine rings is 1. The van der Waals surface area contributed by atoms with Gasteiger partial charge in [0.05, 0.1) is 47.1 Å². The molecule has 28 heavy (non-hydrogen) atoms. The molecule has 1 fully saturated rings. The van der Waals surface area contributed by atoms with E-state index in [9.17, 15) is 28.6 Å². The molecule has 3 N–H and O–H groups in total. The second-order valence-corrected chi connectivity index (χ2v) is 7.46. The van der Waals surface area contributed by atoms with Gasteiger partial charge in [-0.1, -0.05) is 0 Å². The summed E-state index contributed by atoms with van der Waals surface area (Å²) in [6.45, 7) is 3.24. The lowest BCUT2D eigenvalue weighted by Gasteiger charge is -2.41. The molecule has 10 heteroatoms. The van der Waals surface area contributed by atoms with Gasteiger partial charge in [-0.05, 0) is 32.0 Å². The summed E-state index contributed by atoms with van der Waals surface area (Å²) in [5, 5.41) is 41.5. The number of hydrogen-bond donors (Lipinski definition) is 3. The summed E-state index contributed by atoms with van der Waals surface area (Å²) in [5.74, 6) is -0.960. The smallest absolute Gasteiger partial charge is 0.417 e. The summed E-state index contributed by atoms with van der Waals surface area (Å²) in [6.07, 6.45) is -4.78. The highest BCUT2D eigenvalue weighted by Crippen LogP contribution is 2.58. The molecule has 0 spiro atoms. The maximum atomic E-state index is 13.3. The molecule has 4 rings (SSSR count). The number of benzene rings is 1. The second-order valence-electron chi connectivity index (χ2n) is 7.46. The summed E-state index contributed by atoms with van der Waals surface area (Å²) in [4.78, 5) is 0. The SMILES string of the molecule is CC12CN(O)CC(C)(O1)c1c2c(O)n(-c2ccc(C#N)c(C(F)(F)F)c2)c1O. The third-order valence-corrected chi connectivity index (χ3v) is 5.28. The third-order valence-electron chi connectivity index (χ3n) is 5.28. The number of hydrogen-bond acceptors (Lipinski definition) is 6. The van der Waals surface area contributed by atoms with E-state index in [1.54, 1.807) is 13.8 Å². The van der Waals surface area contributed by atoms with Crippen molar-refractivity contribution in [1.29, 1.82) is 5.26 Å². The Balaban J connectivity index is 1.96. The van der Waals surface area contributed by atoms with Crippen LogP contribution in [0.3, 0.4) is 0 Å². The largest absolute Gasteiger partial charge is 0.494 e. The maximum absolute atomic E-state index is 13.3. The Morgan fingerprint density at radius 1 is 1.11 bits per heavy atom. The maximum Gasteiger partial charge on any atom is 0.417 e. The number of fused-ring (bicyclic) bond motifs is 5. The molecular weight excluding hydrogens is 379 g/mol. The predicted octanol–water partition coefficient (Wildman–Crippen LogP) is 2.94. The molecule has 0 amide bonds. The number of halogens is 3. The molecule has 2 bridgehead atoms. The molecule has 2 atom stereocenters. The zero-order valence-electron chi connectivity index (χ0n) is 14.9. The minimum atomic E-state index is -4.78. The molecule has 1 aromatic carbocycles. The molecule has 3 heterocycles. The Bertz CT molecular complexity index is 1000. The van der Waals surface area contributed by atoms with Crippen LogP contribution in [0, 0.1) is 11.3 Å². The van der Waals surface area contributed by atoms with Crippen molar-refractivity contribution in [3.8, 4) is 23.5 Å². The molecule has 2 aliphatic heterocycles. The van der Waals surface area contributed by atoms with E-state index in [2.05, 4.69) is 0 Å². The van der Waals surface area contributed by atoms with Crippen molar-refractivity contribution in [1.82, 2.24) is 9.63 Å². The minimum absolute atomic E-state index is 0.00771. The average Bonchev–Trinajstić information content (AvgIpc) is 2.93. The Kier molecular flexibility index (Phi) is 3.60. The number of rotatable bonds is 1. The first-order valence-corrected chi connectivity index (χ1v) is 8.34. The second kappa shape index (κ2) is 5.41. The molecule has 0 aliphatic carbocycles. The van der Waals surface area contributed by atoms with Gasteiger partial charge in [0.25, 0.3) is 0 Å². The van der Waals surface area contributed by atoms with E-state index in [4.69, 9.17) is 10.00 Å². The Labute approximate surface area is 157 Å². The van der Waals surface area contributed by atoms with Crippen molar-refractivity contribution in [2.75, 3.05) is 13.1 Å². The van der Waals surface area contributed by atoms with Gasteiger partial charge < -0.3 is 20.2 Å². The Morgan fingerprint density at radius 3 is 2.11 bits per heavy atom. The predicted molar refractivity (Wildman–Crippen MR) is 88.0 cm³/mol. The molecule has 2 aromatic rings. The first-order valence-electron chi connectivity index (χ1n) is 8.34. The van der Waals surface area contributed by atoms with Crippen LogP contribution in [0.4, 0.5) is 13.2 Å². The van der Waals surface area contributed by atoms with Gasteiger partial charge in [0.15, 0.2) is 0 Å². The van der Waals surface area contributed by atoms with E-state index < -0.39 is 40.3 Å². The van der Waals surface area contributed by atoms with Gasteiger partial charge in [0.1, 0.15) is 11.2 Å². The van der Waals surface area contributed by atoms with Crippen molar-refractivity contribution in [3.63, 3.8) is 0 Å². The fourth-order valence-corrected chi connectivity index (χ4v) is 4.37. The fourth-order valence-electron chi connectivity index (χ4n) is 4.37. The van der Waals surface area contributed by atoms with Crippen molar-refractivity contribution in [3.05, 3.63) is 40.5 Å².